The molecule has 0 bridgehead atoms. The molecule has 0 aromatic heterocycles. The summed E-state index contributed by atoms with van der Waals surface area (Å²) in [4.78, 5) is 25.0. The third-order valence-electron chi connectivity index (χ3n) is 3.65. The number of hydrogen-bond acceptors (Lipinski definition) is 2. The van der Waals surface area contributed by atoms with Gasteiger partial charge in [0.25, 0.3) is 5.91 Å². The van der Waals surface area contributed by atoms with Crippen molar-refractivity contribution in [3.05, 3.63) is 34.6 Å². The zero-order valence-electron chi connectivity index (χ0n) is 11.0. The smallest absolute Gasteiger partial charge is 0.308 e. The van der Waals surface area contributed by atoms with Gasteiger partial charge in [-0.1, -0.05) is 11.6 Å². The molecular formula is C14H15ClFNO3. The largest absolute Gasteiger partial charge is 0.481 e. The van der Waals surface area contributed by atoms with Gasteiger partial charge in [-0.2, -0.15) is 0 Å². The molecule has 0 radical (unpaired) electrons. The molecule has 1 N–H and O–H groups in total. The van der Waals surface area contributed by atoms with Crippen LogP contribution in [0.5, 0.6) is 0 Å². The average molecular weight is 300 g/mol. The zero-order chi connectivity index (χ0) is 14.9. The quantitative estimate of drug-likeness (QED) is 0.913. The number of carboxylic acid groups (broad SMARTS) is 1. The Hall–Kier alpha value is -1.62. The van der Waals surface area contributed by atoms with Crippen LogP contribution in [-0.2, 0) is 4.79 Å². The number of hydrogen-bond donors (Lipinski definition) is 1. The Kier molecular flexibility index (Phi) is 4.28. The molecule has 0 unspecified atom stereocenters. The third kappa shape index (κ3) is 2.93. The maximum absolute atomic E-state index is 13.0. The fraction of sp³-hybridized carbons (Fsp3) is 0.429. The molecule has 4 nitrogen and oxygen atoms in total. The van der Waals surface area contributed by atoms with E-state index >= 15 is 0 Å². The summed E-state index contributed by atoms with van der Waals surface area (Å²) in [5.74, 6) is -2.33. The highest BCUT2D eigenvalue weighted by Crippen LogP contribution is 2.26. The molecule has 2 rings (SSSR count). The molecule has 20 heavy (non-hydrogen) atoms. The van der Waals surface area contributed by atoms with Gasteiger partial charge >= 0.3 is 5.97 Å². The minimum absolute atomic E-state index is 0.0413. The lowest BCUT2D eigenvalue weighted by Crippen LogP contribution is -2.47. The number of amides is 1. The molecule has 1 heterocycles. The van der Waals surface area contributed by atoms with Crippen LogP contribution in [0.15, 0.2) is 18.2 Å². The Morgan fingerprint density at radius 3 is 2.70 bits per heavy atom. The first kappa shape index (κ1) is 14.8. The van der Waals surface area contributed by atoms with Gasteiger partial charge in [-0.05, 0) is 38.0 Å². The first-order valence-corrected chi connectivity index (χ1v) is 6.76. The van der Waals surface area contributed by atoms with Gasteiger partial charge in [-0.3, -0.25) is 9.59 Å². The molecule has 1 amide bonds. The minimum atomic E-state index is -0.903. The van der Waals surface area contributed by atoms with Crippen LogP contribution >= 0.6 is 11.6 Å². The molecule has 1 aliphatic rings. The van der Waals surface area contributed by atoms with E-state index in [1.165, 1.54) is 17.0 Å². The Morgan fingerprint density at radius 2 is 2.10 bits per heavy atom. The highest BCUT2D eigenvalue weighted by molar-refractivity contribution is 6.33. The Labute approximate surface area is 121 Å². The summed E-state index contributed by atoms with van der Waals surface area (Å²) in [7, 11) is 0. The summed E-state index contributed by atoms with van der Waals surface area (Å²) >= 11 is 5.89. The lowest BCUT2D eigenvalue weighted by molar-refractivity contribution is -0.143. The predicted molar refractivity (Wildman–Crippen MR) is 72.3 cm³/mol. The van der Waals surface area contributed by atoms with Crippen LogP contribution in [0.25, 0.3) is 0 Å². The molecule has 0 spiro atoms. The van der Waals surface area contributed by atoms with Gasteiger partial charge in [0.2, 0.25) is 0 Å². The van der Waals surface area contributed by atoms with Gasteiger partial charge in [0.15, 0.2) is 0 Å². The molecule has 1 saturated heterocycles. The lowest BCUT2D eigenvalue weighted by Gasteiger charge is -2.36. The fourth-order valence-corrected chi connectivity index (χ4v) is 2.66. The molecular weight excluding hydrogens is 285 g/mol. The van der Waals surface area contributed by atoms with Gasteiger partial charge in [-0.25, -0.2) is 4.39 Å². The van der Waals surface area contributed by atoms with Crippen molar-refractivity contribution in [3.63, 3.8) is 0 Å². The van der Waals surface area contributed by atoms with Crippen LogP contribution in [0.1, 0.15) is 30.1 Å². The number of carbonyl (C=O) groups excluding carboxylic acids is 1. The van der Waals surface area contributed by atoms with Crippen LogP contribution in [0.3, 0.4) is 0 Å². The predicted octanol–water partition coefficient (Wildman–Crippen LogP) is 2.80. The number of likely N-dealkylation sites (tertiary alicyclic amines) is 1. The second kappa shape index (κ2) is 5.79. The summed E-state index contributed by atoms with van der Waals surface area (Å²) in [6.45, 7) is 2.02. The number of aliphatic carboxylic acids is 1. The number of nitrogens with zero attached hydrogens (tertiary/aromatic N) is 1. The van der Waals surface area contributed by atoms with Crippen molar-refractivity contribution in [1.29, 1.82) is 0 Å². The average Bonchev–Trinajstić information content (AvgIpc) is 2.38. The number of carbonyl (C=O) groups is 2. The van der Waals surface area contributed by atoms with Crippen LogP contribution in [-0.4, -0.2) is 34.5 Å². The van der Waals surface area contributed by atoms with Crippen molar-refractivity contribution in [1.82, 2.24) is 4.90 Å². The second-order valence-corrected chi connectivity index (χ2v) is 5.45. The van der Waals surface area contributed by atoms with Crippen molar-refractivity contribution in [2.45, 2.75) is 25.8 Å². The van der Waals surface area contributed by atoms with Gasteiger partial charge in [0, 0.05) is 12.6 Å². The van der Waals surface area contributed by atoms with Gasteiger partial charge < -0.3 is 10.0 Å². The first-order chi connectivity index (χ1) is 9.40. The van der Waals surface area contributed by atoms with E-state index in [0.29, 0.717) is 12.8 Å². The molecule has 1 aromatic rings. The van der Waals surface area contributed by atoms with E-state index in [9.17, 15) is 14.0 Å². The Balaban J connectivity index is 2.24. The molecule has 2 atom stereocenters. The van der Waals surface area contributed by atoms with E-state index in [1.54, 1.807) is 0 Å². The van der Waals surface area contributed by atoms with E-state index in [0.717, 1.165) is 6.07 Å². The zero-order valence-corrected chi connectivity index (χ0v) is 11.7. The van der Waals surface area contributed by atoms with Crippen LogP contribution in [0.4, 0.5) is 4.39 Å². The van der Waals surface area contributed by atoms with E-state index in [2.05, 4.69) is 0 Å². The topological polar surface area (TPSA) is 57.6 Å². The van der Waals surface area contributed by atoms with Gasteiger partial charge in [0.05, 0.1) is 16.5 Å². The molecule has 0 saturated carbocycles. The van der Waals surface area contributed by atoms with E-state index in [4.69, 9.17) is 16.7 Å². The van der Waals surface area contributed by atoms with Crippen LogP contribution < -0.4 is 0 Å². The highest BCUT2D eigenvalue weighted by Gasteiger charge is 2.33. The maximum Gasteiger partial charge on any atom is 0.308 e. The number of rotatable bonds is 2. The number of halogens is 2. The molecule has 1 aromatic carbocycles. The molecule has 0 aliphatic carbocycles. The van der Waals surface area contributed by atoms with E-state index < -0.39 is 17.7 Å². The van der Waals surface area contributed by atoms with E-state index in [-0.39, 0.29) is 29.1 Å². The SMILES string of the molecule is C[C@H]1CC[C@@H](C(=O)O)CN1C(=O)c1ccc(F)cc1Cl. The Morgan fingerprint density at radius 1 is 1.40 bits per heavy atom. The summed E-state index contributed by atoms with van der Waals surface area (Å²) in [5.41, 5.74) is 0.200. The summed E-state index contributed by atoms with van der Waals surface area (Å²) in [6.07, 6.45) is 1.18. The van der Waals surface area contributed by atoms with Gasteiger partial charge in [-0.15, -0.1) is 0 Å². The summed E-state index contributed by atoms with van der Waals surface area (Å²) in [5, 5.41) is 9.11. The van der Waals surface area contributed by atoms with Crippen molar-refractivity contribution < 1.29 is 19.1 Å². The lowest BCUT2D eigenvalue weighted by atomic mass is 9.93. The second-order valence-electron chi connectivity index (χ2n) is 5.04. The van der Waals surface area contributed by atoms with Crippen molar-refractivity contribution >= 4 is 23.5 Å². The van der Waals surface area contributed by atoms with Crippen molar-refractivity contribution in [3.8, 4) is 0 Å². The summed E-state index contributed by atoms with van der Waals surface area (Å²) < 4.78 is 13.0. The standard InChI is InChI=1S/C14H15ClFNO3/c1-8-2-3-9(14(19)20)7-17(8)13(18)11-5-4-10(16)6-12(11)15/h4-6,8-9H,2-3,7H2,1H3,(H,19,20)/t8-,9+/m0/s1. The minimum Gasteiger partial charge on any atom is -0.481 e. The van der Waals surface area contributed by atoms with Crippen LogP contribution in [0.2, 0.25) is 5.02 Å². The first-order valence-electron chi connectivity index (χ1n) is 6.39. The molecule has 1 aliphatic heterocycles. The van der Waals surface area contributed by atoms with E-state index in [1.807, 2.05) is 6.92 Å². The van der Waals surface area contributed by atoms with Crippen LogP contribution in [0, 0.1) is 11.7 Å². The number of benzene rings is 1. The molecule has 1 fully saturated rings. The number of piperidine rings is 1. The number of carboxylic acids is 1. The molecule has 108 valence electrons. The summed E-state index contributed by atoms with van der Waals surface area (Å²) in [6, 6.07) is 3.52. The highest BCUT2D eigenvalue weighted by atomic mass is 35.5. The molecule has 6 heteroatoms. The monoisotopic (exact) mass is 299 g/mol. The van der Waals surface area contributed by atoms with Crippen molar-refractivity contribution in [2.24, 2.45) is 5.92 Å². The van der Waals surface area contributed by atoms with Gasteiger partial charge in [0.1, 0.15) is 5.82 Å². The Bertz CT molecular complexity index is 549. The third-order valence-corrected chi connectivity index (χ3v) is 3.97. The maximum atomic E-state index is 13.0. The van der Waals surface area contributed by atoms with Crippen molar-refractivity contribution in [2.75, 3.05) is 6.54 Å². The normalized spacial score (nSPS) is 22.6. The fourth-order valence-electron chi connectivity index (χ4n) is 2.41.